The van der Waals surface area contributed by atoms with Gasteiger partial charge in [0.25, 0.3) is 0 Å². The summed E-state index contributed by atoms with van der Waals surface area (Å²) in [5.41, 5.74) is 5.16. The van der Waals surface area contributed by atoms with Gasteiger partial charge in [0.2, 0.25) is 5.91 Å². The number of hydrogen-bond donors (Lipinski definition) is 1. The molecule has 0 radical (unpaired) electrons. The van der Waals surface area contributed by atoms with Crippen LogP contribution in [0.3, 0.4) is 0 Å². The first-order chi connectivity index (χ1) is 18.1. The maximum atomic E-state index is 12.3. The normalized spacial score (nSPS) is 12.0. The van der Waals surface area contributed by atoms with Gasteiger partial charge in [-0.1, -0.05) is 105 Å². The summed E-state index contributed by atoms with van der Waals surface area (Å²) in [6, 6.07) is 12.9. The van der Waals surface area contributed by atoms with Crippen molar-refractivity contribution in [3.63, 3.8) is 0 Å². The zero-order chi connectivity index (χ0) is 27.9. The summed E-state index contributed by atoms with van der Waals surface area (Å²) in [7, 11) is 1.90. The van der Waals surface area contributed by atoms with Gasteiger partial charge in [0.05, 0.1) is 0 Å². The first kappa shape index (κ1) is 34.6. The molecule has 1 amide bonds. The van der Waals surface area contributed by atoms with Crippen LogP contribution < -0.4 is 5.32 Å². The number of pyridine rings is 1. The van der Waals surface area contributed by atoms with Gasteiger partial charge in [-0.05, 0) is 60.9 Å². The third-order valence-electron chi connectivity index (χ3n) is 6.25. The molecule has 2 aromatic rings. The lowest BCUT2D eigenvalue weighted by Gasteiger charge is -2.20. The van der Waals surface area contributed by atoms with Gasteiger partial charge in [-0.25, -0.2) is 4.98 Å². The van der Waals surface area contributed by atoms with Crippen molar-refractivity contribution in [2.75, 3.05) is 18.9 Å². The molecule has 37 heavy (non-hydrogen) atoms. The van der Waals surface area contributed by atoms with E-state index in [1.807, 2.05) is 45.7 Å². The van der Waals surface area contributed by atoms with Crippen molar-refractivity contribution in [2.24, 2.45) is 0 Å². The number of carbonyl (C=O) groups excluding carboxylic acids is 1. The Balaban J connectivity index is 0.00000101. The molecule has 0 atom stereocenters. The Morgan fingerprint density at radius 1 is 0.811 bits per heavy atom. The molecule has 0 aliphatic carbocycles. The second kappa shape index (κ2) is 22.8. The number of nitrogens with zero attached hydrogens (tertiary/aromatic N) is 2. The molecule has 0 fully saturated rings. The fraction of sp³-hybridized carbons (Fsp3) is 0.636. The largest absolute Gasteiger partial charge is 0.373 e. The third kappa shape index (κ3) is 14.2. The van der Waals surface area contributed by atoms with Gasteiger partial charge < -0.3 is 10.2 Å². The molecule has 210 valence electrons. The van der Waals surface area contributed by atoms with Crippen LogP contribution in [0.4, 0.5) is 5.82 Å². The minimum Gasteiger partial charge on any atom is -0.373 e. The van der Waals surface area contributed by atoms with E-state index in [1.165, 1.54) is 48.8 Å². The molecule has 2 heterocycles. The van der Waals surface area contributed by atoms with Crippen molar-refractivity contribution in [3.05, 3.63) is 58.8 Å². The van der Waals surface area contributed by atoms with Gasteiger partial charge in [0.15, 0.2) is 0 Å². The standard InChI is InChI=1S/C22H29N3O.C7H16.2C2H6/c1-3-14-25-16-19-15-17(10-11-18(19)12-13-22(25)26)6-4-7-20-8-5-9-21(23-2)24-20;1-3-5-7-6-4-2;2*1-2/h5,8-11,15H,3-4,6-7,12-14,16H2,1-2H3,(H,23,24);3-7H2,1-2H3;2*1-2H3. The van der Waals surface area contributed by atoms with Gasteiger partial charge in [0.1, 0.15) is 5.82 Å². The first-order valence-corrected chi connectivity index (χ1v) is 15.1. The molecule has 1 aromatic heterocycles. The van der Waals surface area contributed by atoms with Gasteiger partial charge >= 0.3 is 0 Å². The Bertz CT molecular complexity index is 830. The molecule has 1 aliphatic heterocycles. The summed E-state index contributed by atoms with van der Waals surface area (Å²) in [6.45, 7) is 16.2. The highest BCUT2D eigenvalue weighted by Crippen LogP contribution is 2.22. The van der Waals surface area contributed by atoms with Crippen LogP contribution in [-0.4, -0.2) is 29.4 Å². The number of anilines is 1. The molecule has 4 heteroatoms. The summed E-state index contributed by atoms with van der Waals surface area (Å²) in [6.07, 6.45) is 12.6. The van der Waals surface area contributed by atoms with E-state index >= 15 is 0 Å². The van der Waals surface area contributed by atoms with Crippen molar-refractivity contribution in [3.8, 4) is 0 Å². The van der Waals surface area contributed by atoms with Crippen molar-refractivity contribution in [2.45, 2.75) is 126 Å². The van der Waals surface area contributed by atoms with Crippen molar-refractivity contribution >= 4 is 11.7 Å². The maximum absolute atomic E-state index is 12.3. The van der Waals surface area contributed by atoms with E-state index in [9.17, 15) is 4.79 Å². The molecule has 1 aromatic carbocycles. The van der Waals surface area contributed by atoms with E-state index in [4.69, 9.17) is 0 Å². The number of benzene rings is 1. The van der Waals surface area contributed by atoms with Crippen LogP contribution in [0.25, 0.3) is 0 Å². The number of rotatable bonds is 11. The van der Waals surface area contributed by atoms with Crippen LogP contribution in [0.2, 0.25) is 0 Å². The van der Waals surface area contributed by atoms with E-state index < -0.39 is 0 Å². The van der Waals surface area contributed by atoms with Crippen molar-refractivity contribution < 1.29 is 4.79 Å². The van der Waals surface area contributed by atoms with Gasteiger partial charge in [0, 0.05) is 32.3 Å². The summed E-state index contributed by atoms with van der Waals surface area (Å²) in [4.78, 5) is 18.9. The average Bonchev–Trinajstić information content (AvgIpc) is 3.10. The predicted octanol–water partition coefficient (Wildman–Crippen LogP) is 9.01. The first-order valence-electron chi connectivity index (χ1n) is 15.1. The van der Waals surface area contributed by atoms with Crippen LogP contribution in [0.5, 0.6) is 0 Å². The SMILES string of the molecule is CC.CC.CCCCCCC.CCCN1Cc2cc(CCCc3cccc(NC)n3)ccc2CCC1=O. The van der Waals surface area contributed by atoms with Gasteiger partial charge in [-0.15, -0.1) is 0 Å². The summed E-state index contributed by atoms with van der Waals surface area (Å²) in [5.74, 6) is 1.22. The fourth-order valence-electron chi connectivity index (χ4n) is 4.30. The highest BCUT2D eigenvalue weighted by atomic mass is 16.2. The monoisotopic (exact) mass is 511 g/mol. The molecule has 3 rings (SSSR count). The number of unbranched alkanes of at least 4 members (excludes halogenated alkanes) is 4. The molecule has 0 saturated heterocycles. The highest BCUT2D eigenvalue weighted by molar-refractivity contribution is 5.77. The number of fused-ring (bicyclic) bond motifs is 1. The molecule has 1 aliphatic rings. The number of amides is 1. The fourth-order valence-corrected chi connectivity index (χ4v) is 4.30. The minimum absolute atomic E-state index is 0.292. The Morgan fingerprint density at radius 3 is 2.14 bits per heavy atom. The minimum atomic E-state index is 0.292. The summed E-state index contributed by atoms with van der Waals surface area (Å²) < 4.78 is 0. The molecule has 0 bridgehead atoms. The van der Waals surface area contributed by atoms with Crippen LogP contribution in [0.15, 0.2) is 36.4 Å². The van der Waals surface area contributed by atoms with Gasteiger partial charge in [-0.3, -0.25) is 4.79 Å². The molecule has 0 saturated carbocycles. The van der Waals surface area contributed by atoms with Crippen LogP contribution in [-0.2, 0) is 30.6 Å². The number of aromatic nitrogens is 1. The average molecular weight is 512 g/mol. The van der Waals surface area contributed by atoms with E-state index in [-0.39, 0.29) is 0 Å². The van der Waals surface area contributed by atoms with Crippen molar-refractivity contribution in [1.82, 2.24) is 9.88 Å². The lowest BCUT2D eigenvalue weighted by Crippen LogP contribution is -2.29. The van der Waals surface area contributed by atoms with Gasteiger partial charge in [-0.2, -0.15) is 0 Å². The van der Waals surface area contributed by atoms with E-state index in [1.54, 1.807) is 0 Å². The zero-order valence-electron chi connectivity index (χ0n) is 25.5. The predicted molar refractivity (Wildman–Crippen MR) is 163 cm³/mol. The number of hydrogen-bond acceptors (Lipinski definition) is 3. The second-order valence-corrected chi connectivity index (χ2v) is 9.10. The van der Waals surface area contributed by atoms with Crippen LogP contribution >= 0.6 is 0 Å². The zero-order valence-corrected chi connectivity index (χ0v) is 25.5. The second-order valence-electron chi connectivity index (χ2n) is 9.10. The summed E-state index contributed by atoms with van der Waals surface area (Å²) in [5, 5.41) is 3.09. The topological polar surface area (TPSA) is 45.2 Å². The van der Waals surface area contributed by atoms with Crippen LogP contribution in [0.1, 0.15) is 122 Å². The Kier molecular flexibility index (Phi) is 21.4. The molecule has 1 N–H and O–H groups in total. The van der Waals surface area contributed by atoms with Crippen LogP contribution in [0, 0.1) is 0 Å². The molecular formula is C33H57N3O. The molecular weight excluding hydrogens is 454 g/mol. The maximum Gasteiger partial charge on any atom is 0.223 e. The lowest BCUT2D eigenvalue weighted by atomic mass is 9.98. The number of carbonyl (C=O) groups is 1. The van der Waals surface area contributed by atoms with Crippen molar-refractivity contribution in [1.29, 1.82) is 0 Å². The smallest absolute Gasteiger partial charge is 0.223 e. The third-order valence-corrected chi connectivity index (χ3v) is 6.25. The molecule has 0 unspecified atom stereocenters. The quantitative estimate of drug-likeness (QED) is 0.306. The molecule has 0 spiro atoms. The highest BCUT2D eigenvalue weighted by Gasteiger charge is 2.19. The van der Waals surface area contributed by atoms with E-state index in [0.29, 0.717) is 12.3 Å². The number of aryl methyl sites for hydroxylation is 3. The Labute approximate surface area is 229 Å². The van der Waals surface area contributed by atoms with E-state index in [0.717, 1.165) is 56.7 Å². The molecule has 4 nitrogen and oxygen atoms in total. The van der Waals surface area contributed by atoms with E-state index in [2.05, 4.69) is 61.4 Å². The Hall–Kier alpha value is -2.36. The number of nitrogens with one attached hydrogen (secondary N) is 1. The lowest BCUT2D eigenvalue weighted by molar-refractivity contribution is -0.131. The summed E-state index contributed by atoms with van der Waals surface area (Å²) >= 11 is 0. The Morgan fingerprint density at radius 2 is 1.51 bits per heavy atom.